The van der Waals surface area contributed by atoms with Gasteiger partial charge in [0.15, 0.2) is 0 Å². The quantitative estimate of drug-likeness (QED) is 0.703. The first-order valence-electron chi connectivity index (χ1n) is 6.81. The van der Waals surface area contributed by atoms with Crippen LogP contribution in [0.4, 0.5) is 0 Å². The largest absolute Gasteiger partial charge is 0.377 e. The average molecular weight is 240 g/mol. The highest BCUT2D eigenvalue weighted by atomic mass is 16.5. The molecule has 0 bridgehead atoms. The van der Waals surface area contributed by atoms with Crippen molar-refractivity contribution >= 4 is 5.91 Å². The summed E-state index contributed by atoms with van der Waals surface area (Å²) in [5, 5.41) is 6.32. The first kappa shape index (κ1) is 12.8. The van der Waals surface area contributed by atoms with Gasteiger partial charge in [-0.15, -0.1) is 0 Å². The lowest BCUT2D eigenvalue weighted by Gasteiger charge is -2.18. The van der Waals surface area contributed by atoms with E-state index in [0.29, 0.717) is 19.1 Å². The smallest absolute Gasteiger partial charge is 0.237 e. The fourth-order valence-electron chi connectivity index (χ4n) is 3.05. The van der Waals surface area contributed by atoms with Crippen LogP contribution < -0.4 is 10.6 Å². The van der Waals surface area contributed by atoms with Crippen LogP contribution in [0.3, 0.4) is 0 Å². The van der Waals surface area contributed by atoms with Crippen molar-refractivity contribution in [1.82, 2.24) is 10.6 Å². The van der Waals surface area contributed by atoms with E-state index >= 15 is 0 Å². The van der Waals surface area contributed by atoms with E-state index in [4.69, 9.17) is 4.74 Å². The molecule has 2 aliphatic rings. The van der Waals surface area contributed by atoms with Crippen LogP contribution >= 0.6 is 0 Å². The Morgan fingerprint density at radius 3 is 3.06 bits per heavy atom. The molecule has 98 valence electrons. The van der Waals surface area contributed by atoms with Crippen LogP contribution in [0.2, 0.25) is 0 Å². The van der Waals surface area contributed by atoms with E-state index in [9.17, 15) is 4.79 Å². The van der Waals surface area contributed by atoms with Crippen molar-refractivity contribution in [3.63, 3.8) is 0 Å². The minimum Gasteiger partial charge on any atom is -0.377 e. The van der Waals surface area contributed by atoms with Crippen LogP contribution in [-0.4, -0.2) is 37.7 Å². The lowest BCUT2D eigenvalue weighted by atomic mass is 9.94. The molecule has 3 unspecified atom stereocenters. The molecule has 0 aromatic carbocycles. The Hall–Kier alpha value is -0.610. The maximum Gasteiger partial charge on any atom is 0.237 e. The van der Waals surface area contributed by atoms with E-state index in [1.807, 2.05) is 13.8 Å². The van der Waals surface area contributed by atoms with Gasteiger partial charge in [0.1, 0.15) is 0 Å². The number of nitrogens with one attached hydrogen (secondary N) is 2. The summed E-state index contributed by atoms with van der Waals surface area (Å²) in [5.74, 6) is 1.46. The van der Waals surface area contributed by atoms with E-state index in [1.54, 1.807) is 0 Å². The summed E-state index contributed by atoms with van der Waals surface area (Å²) < 4.78 is 5.41. The molecule has 0 aromatic heterocycles. The number of hydrogen-bond acceptors (Lipinski definition) is 3. The molecular weight excluding hydrogens is 216 g/mol. The third-order valence-electron chi connectivity index (χ3n) is 3.88. The van der Waals surface area contributed by atoms with Gasteiger partial charge in [0.2, 0.25) is 5.91 Å². The maximum atomic E-state index is 12.0. The molecular formula is C13H24N2O2. The van der Waals surface area contributed by atoms with Gasteiger partial charge in [-0.05, 0) is 45.1 Å². The number of rotatable bonds is 5. The molecule has 1 saturated heterocycles. The highest BCUT2D eigenvalue weighted by Crippen LogP contribution is 2.37. The Labute approximate surface area is 103 Å². The molecule has 1 aliphatic carbocycles. The first-order valence-corrected chi connectivity index (χ1v) is 6.81. The second-order valence-electron chi connectivity index (χ2n) is 5.45. The van der Waals surface area contributed by atoms with Crippen LogP contribution in [0.1, 0.15) is 33.1 Å². The zero-order chi connectivity index (χ0) is 12.3. The molecule has 2 rings (SSSR count). The zero-order valence-electron chi connectivity index (χ0n) is 10.9. The third-order valence-corrected chi connectivity index (χ3v) is 3.88. The van der Waals surface area contributed by atoms with E-state index < -0.39 is 0 Å². The summed E-state index contributed by atoms with van der Waals surface area (Å²) in [6.07, 6.45) is 4.02. The molecule has 17 heavy (non-hydrogen) atoms. The predicted molar refractivity (Wildman–Crippen MR) is 66.7 cm³/mol. The maximum absolute atomic E-state index is 12.0. The summed E-state index contributed by atoms with van der Waals surface area (Å²) in [6, 6.07) is 0.0431. The summed E-state index contributed by atoms with van der Waals surface area (Å²) in [6.45, 7) is 6.25. The minimum atomic E-state index is 0.0431. The normalized spacial score (nSPS) is 31.8. The monoisotopic (exact) mass is 240 g/mol. The van der Waals surface area contributed by atoms with Gasteiger partial charge in [-0.3, -0.25) is 4.79 Å². The van der Waals surface area contributed by atoms with Crippen LogP contribution in [0.25, 0.3) is 0 Å². The van der Waals surface area contributed by atoms with E-state index in [0.717, 1.165) is 12.5 Å². The Morgan fingerprint density at radius 2 is 2.29 bits per heavy atom. The Balaban J connectivity index is 1.69. The molecule has 2 fully saturated rings. The molecule has 4 heteroatoms. The minimum absolute atomic E-state index is 0.0431. The summed E-state index contributed by atoms with van der Waals surface area (Å²) >= 11 is 0. The van der Waals surface area contributed by atoms with E-state index in [2.05, 4.69) is 10.6 Å². The Bertz CT molecular complexity index is 268. The molecule has 3 atom stereocenters. The lowest BCUT2D eigenvalue weighted by Crippen LogP contribution is -2.44. The summed E-state index contributed by atoms with van der Waals surface area (Å²) in [7, 11) is 0. The van der Waals surface area contributed by atoms with Gasteiger partial charge in [0.05, 0.1) is 18.8 Å². The molecule has 0 spiro atoms. The molecule has 1 amide bonds. The number of carbonyl (C=O) groups is 1. The Morgan fingerprint density at radius 1 is 1.47 bits per heavy atom. The number of ether oxygens (including phenoxy) is 1. The SMILES string of the molecule is CC(C)OCCNC(=O)C1NCC2CCCC21. The highest BCUT2D eigenvalue weighted by Gasteiger charge is 2.42. The van der Waals surface area contributed by atoms with Crippen LogP contribution in [-0.2, 0) is 9.53 Å². The number of amides is 1. The van der Waals surface area contributed by atoms with Crippen molar-refractivity contribution in [2.24, 2.45) is 11.8 Å². The van der Waals surface area contributed by atoms with Crippen molar-refractivity contribution in [3.05, 3.63) is 0 Å². The molecule has 0 aromatic rings. The number of carbonyl (C=O) groups excluding carboxylic acids is 1. The lowest BCUT2D eigenvalue weighted by molar-refractivity contribution is -0.124. The van der Waals surface area contributed by atoms with Gasteiger partial charge in [-0.2, -0.15) is 0 Å². The third kappa shape index (κ3) is 3.19. The van der Waals surface area contributed by atoms with Gasteiger partial charge >= 0.3 is 0 Å². The van der Waals surface area contributed by atoms with Crippen LogP contribution in [0.15, 0.2) is 0 Å². The molecule has 2 N–H and O–H groups in total. The summed E-state index contributed by atoms with van der Waals surface area (Å²) in [4.78, 5) is 12.0. The topological polar surface area (TPSA) is 50.4 Å². The van der Waals surface area contributed by atoms with Crippen molar-refractivity contribution in [2.45, 2.75) is 45.3 Å². The first-order chi connectivity index (χ1) is 8.18. The standard InChI is InChI=1S/C13H24N2O2/c1-9(2)17-7-6-14-13(16)12-11-5-3-4-10(11)8-15-12/h9-12,15H,3-8H2,1-2H3,(H,14,16). The second kappa shape index (κ2) is 5.83. The van der Waals surface area contributed by atoms with Gasteiger partial charge in [-0.25, -0.2) is 0 Å². The number of fused-ring (bicyclic) bond motifs is 1. The molecule has 4 nitrogen and oxygen atoms in total. The van der Waals surface area contributed by atoms with Crippen molar-refractivity contribution in [2.75, 3.05) is 19.7 Å². The average Bonchev–Trinajstić information content (AvgIpc) is 2.85. The van der Waals surface area contributed by atoms with Crippen LogP contribution in [0, 0.1) is 11.8 Å². The summed E-state index contributed by atoms with van der Waals surface area (Å²) in [5.41, 5.74) is 0. The molecule has 1 aliphatic heterocycles. The molecule has 1 heterocycles. The van der Waals surface area contributed by atoms with Gasteiger partial charge in [-0.1, -0.05) is 6.42 Å². The fraction of sp³-hybridized carbons (Fsp3) is 0.923. The van der Waals surface area contributed by atoms with Crippen LogP contribution in [0.5, 0.6) is 0 Å². The van der Waals surface area contributed by atoms with Crippen molar-refractivity contribution in [1.29, 1.82) is 0 Å². The van der Waals surface area contributed by atoms with Crippen molar-refractivity contribution < 1.29 is 9.53 Å². The van der Waals surface area contributed by atoms with Crippen molar-refractivity contribution in [3.8, 4) is 0 Å². The highest BCUT2D eigenvalue weighted by molar-refractivity contribution is 5.82. The van der Waals surface area contributed by atoms with E-state index in [1.165, 1.54) is 19.3 Å². The predicted octanol–water partition coefficient (Wildman–Crippen LogP) is 0.916. The second-order valence-corrected chi connectivity index (χ2v) is 5.45. The van der Waals surface area contributed by atoms with Gasteiger partial charge in [0.25, 0.3) is 0 Å². The molecule has 1 saturated carbocycles. The molecule has 0 radical (unpaired) electrons. The zero-order valence-corrected chi connectivity index (χ0v) is 10.9. The number of hydrogen-bond donors (Lipinski definition) is 2. The Kier molecular flexibility index (Phi) is 4.40. The van der Waals surface area contributed by atoms with E-state index in [-0.39, 0.29) is 18.1 Å². The van der Waals surface area contributed by atoms with Gasteiger partial charge in [0, 0.05) is 6.54 Å². The fourth-order valence-corrected chi connectivity index (χ4v) is 3.05. The van der Waals surface area contributed by atoms with Gasteiger partial charge < -0.3 is 15.4 Å².